The molecule has 1 heteroatoms. The number of fused-ring (bicyclic) bond motifs is 1. The smallest absolute Gasteiger partial charge is 0.0108 e. The lowest BCUT2D eigenvalue weighted by atomic mass is 9.93. The van der Waals surface area contributed by atoms with Gasteiger partial charge in [0.05, 0.1) is 0 Å². The summed E-state index contributed by atoms with van der Waals surface area (Å²) < 4.78 is 0. The van der Waals surface area contributed by atoms with Crippen LogP contribution < -0.4 is 5.32 Å². The Morgan fingerprint density at radius 3 is 3.00 bits per heavy atom. The first kappa shape index (κ1) is 11.7. The van der Waals surface area contributed by atoms with Gasteiger partial charge in [0.15, 0.2) is 0 Å². The molecule has 0 saturated carbocycles. The third-order valence-corrected chi connectivity index (χ3v) is 3.75. The van der Waals surface area contributed by atoms with Gasteiger partial charge >= 0.3 is 0 Å². The molecule has 0 heterocycles. The Balaban J connectivity index is 2.12. The van der Waals surface area contributed by atoms with Crippen LogP contribution in [0.5, 0.6) is 0 Å². The maximum Gasteiger partial charge on any atom is 0.0108 e. The summed E-state index contributed by atoms with van der Waals surface area (Å²) in [7, 11) is 0. The lowest BCUT2D eigenvalue weighted by Crippen LogP contribution is -2.31. The summed E-state index contributed by atoms with van der Waals surface area (Å²) >= 11 is 0. The van der Waals surface area contributed by atoms with E-state index in [0.29, 0.717) is 6.04 Å². The SMILES string of the molecule is CCCNC(C)C1CCc2ccc(C)cc21. The monoisotopic (exact) mass is 217 g/mol. The van der Waals surface area contributed by atoms with E-state index in [9.17, 15) is 0 Å². The molecule has 1 aliphatic rings. The maximum atomic E-state index is 3.63. The molecule has 0 amide bonds. The highest BCUT2D eigenvalue weighted by Gasteiger charge is 2.26. The van der Waals surface area contributed by atoms with Gasteiger partial charge in [-0.15, -0.1) is 0 Å². The number of rotatable bonds is 4. The average Bonchev–Trinajstić information content (AvgIpc) is 2.68. The normalized spacial score (nSPS) is 20.8. The van der Waals surface area contributed by atoms with Crippen LogP contribution >= 0.6 is 0 Å². The van der Waals surface area contributed by atoms with Crippen LogP contribution in [0.3, 0.4) is 0 Å². The van der Waals surface area contributed by atoms with Gasteiger partial charge in [0.1, 0.15) is 0 Å². The number of nitrogens with one attached hydrogen (secondary N) is 1. The molecule has 0 bridgehead atoms. The molecule has 0 spiro atoms. The van der Waals surface area contributed by atoms with E-state index in [4.69, 9.17) is 0 Å². The first-order valence-corrected chi connectivity index (χ1v) is 6.55. The molecule has 2 atom stereocenters. The molecule has 2 unspecified atom stereocenters. The highest BCUT2D eigenvalue weighted by atomic mass is 14.9. The zero-order valence-electron chi connectivity index (χ0n) is 10.7. The Kier molecular flexibility index (Phi) is 3.65. The second kappa shape index (κ2) is 5.01. The molecule has 88 valence electrons. The molecule has 1 N–H and O–H groups in total. The summed E-state index contributed by atoms with van der Waals surface area (Å²) in [5, 5.41) is 3.63. The molecule has 0 saturated heterocycles. The molecule has 1 nitrogen and oxygen atoms in total. The predicted molar refractivity (Wildman–Crippen MR) is 70.0 cm³/mol. The summed E-state index contributed by atoms with van der Waals surface area (Å²) in [5.74, 6) is 0.724. The van der Waals surface area contributed by atoms with Crippen molar-refractivity contribution < 1.29 is 0 Å². The first-order chi connectivity index (χ1) is 7.72. The molecule has 2 rings (SSSR count). The average molecular weight is 217 g/mol. The summed E-state index contributed by atoms with van der Waals surface area (Å²) in [5.41, 5.74) is 4.56. The van der Waals surface area contributed by atoms with Gasteiger partial charge in [-0.05, 0) is 56.7 Å². The number of benzene rings is 1. The van der Waals surface area contributed by atoms with Crippen molar-refractivity contribution in [2.45, 2.75) is 52.0 Å². The maximum absolute atomic E-state index is 3.63. The molecule has 1 aromatic rings. The van der Waals surface area contributed by atoms with Crippen molar-refractivity contribution in [1.82, 2.24) is 5.32 Å². The van der Waals surface area contributed by atoms with Crippen molar-refractivity contribution in [2.75, 3.05) is 6.54 Å². The highest BCUT2D eigenvalue weighted by molar-refractivity contribution is 5.38. The van der Waals surface area contributed by atoms with Crippen molar-refractivity contribution in [3.05, 3.63) is 34.9 Å². The standard InChI is InChI=1S/C15H23N/c1-4-9-16-12(3)14-8-7-13-6-5-11(2)10-15(13)14/h5-6,10,12,14,16H,4,7-9H2,1-3H3. The van der Waals surface area contributed by atoms with Crippen LogP contribution in [-0.2, 0) is 6.42 Å². The van der Waals surface area contributed by atoms with E-state index in [1.807, 2.05) is 0 Å². The second-order valence-corrected chi connectivity index (χ2v) is 5.09. The summed E-state index contributed by atoms with van der Waals surface area (Å²) in [4.78, 5) is 0. The van der Waals surface area contributed by atoms with Crippen LogP contribution in [0, 0.1) is 6.92 Å². The molecular formula is C15H23N. The zero-order chi connectivity index (χ0) is 11.5. The van der Waals surface area contributed by atoms with Gasteiger partial charge in [0.2, 0.25) is 0 Å². The zero-order valence-corrected chi connectivity index (χ0v) is 10.7. The van der Waals surface area contributed by atoms with Crippen molar-refractivity contribution >= 4 is 0 Å². The number of aryl methyl sites for hydroxylation is 2. The Morgan fingerprint density at radius 1 is 1.44 bits per heavy atom. The Bertz CT molecular complexity index is 356. The van der Waals surface area contributed by atoms with Gasteiger partial charge in [0, 0.05) is 6.04 Å². The topological polar surface area (TPSA) is 12.0 Å². The predicted octanol–water partition coefficient (Wildman–Crippen LogP) is 3.41. The second-order valence-electron chi connectivity index (χ2n) is 5.09. The summed E-state index contributed by atoms with van der Waals surface area (Å²) in [6, 6.07) is 7.56. The number of hydrogen-bond acceptors (Lipinski definition) is 1. The molecule has 1 aliphatic carbocycles. The van der Waals surface area contributed by atoms with E-state index in [0.717, 1.165) is 12.5 Å². The molecule has 1 aromatic carbocycles. The lowest BCUT2D eigenvalue weighted by Gasteiger charge is -2.21. The first-order valence-electron chi connectivity index (χ1n) is 6.55. The third-order valence-electron chi connectivity index (χ3n) is 3.75. The van der Waals surface area contributed by atoms with E-state index >= 15 is 0 Å². The van der Waals surface area contributed by atoms with Crippen molar-refractivity contribution in [1.29, 1.82) is 0 Å². The van der Waals surface area contributed by atoms with E-state index in [1.165, 1.54) is 24.8 Å². The minimum Gasteiger partial charge on any atom is -0.314 e. The van der Waals surface area contributed by atoms with Gasteiger partial charge in [0.25, 0.3) is 0 Å². The van der Waals surface area contributed by atoms with Gasteiger partial charge in [-0.3, -0.25) is 0 Å². The van der Waals surface area contributed by atoms with Crippen LogP contribution in [0.2, 0.25) is 0 Å². The molecule has 0 fully saturated rings. The molecule has 0 radical (unpaired) electrons. The third kappa shape index (κ3) is 2.30. The molecular weight excluding hydrogens is 194 g/mol. The van der Waals surface area contributed by atoms with Crippen LogP contribution in [0.15, 0.2) is 18.2 Å². The van der Waals surface area contributed by atoms with Crippen molar-refractivity contribution in [3.63, 3.8) is 0 Å². The Hall–Kier alpha value is -0.820. The fraction of sp³-hybridized carbons (Fsp3) is 0.600. The quantitative estimate of drug-likeness (QED) is 0.815. The van der Waals surface area contributed by atoms with E-state index < -0.39 is 0 Å². The van der Waals surface area contributed by atoms with Crippen molar-refractivity contribution in [3.8, 4) is 0 Å². The van der Waals surface area contributed by atoms with Crippen LogP contribution in [0.25, 0.3) is 0 Å². The summed E-state index contributed by atoms with van der Waals surface area (Å²) in [6.07, 6.45) is 3.80. The van der Waals surface area contributed by atoms with Gasteiger partial charge in [-0.2, -0.15) is 0 Å². The Labute approximate surface area is 99.3 Å². The molecule has 16 heavy (non-hydrogen) atoms. The van der Waals surface area contributed by atoms with E-state index in [-0.39, 0.29) is 0 Å². The molecule has 0 aromatic heterocycles. The van der Waals surface area contributed by atoms with E-state index in [1.54, 1.807) is 11.1 Å². The van der Waals surface area contributed by atoms with Gasteiger partial charge in [-0.1, -0.05) is 30.7 Å². The summed E-state index contributed by atoms with van der Waals surface area (Å²) in [6.45, 7) is 7.89. The van der Waals surface area contributed by atoms with Gasteiger partial charge in [-0.25, -0.2) is 0 Å². The van der Waals surface area contributed by atoms with Crippen LogP contribution in [0.4, 0.5) is 0 Å². The van der Waals surface area contributed by atoms with Crippen molar-refractivity contribution in [2.24, 2.45) is 0 Å². The van der Waals surface area contributed by atoms with Crippen LogP contribution in [0.1, 0.15) is 49.3 Å². The van der Waals surface area contributed by atoms with Crippen LogP contribution in [-0.4, -0.2) is 12.6 Å². The van der Waals surface area contributed by atoms with E-state index in [2.05, 4.69) is 44.3 Å². The molecule has 0 aliphatic heterocycles. The van der Waals surface area contributed by atoms with Gasteiger partial charge < -0.3 is 5.32 Å². The minimum atomic E-state index is 0.614. The minimum absolute atomic E-state index is 0.614. The Morgan fingerprint density at radius 2 is 2.25 bits per heavy atom. The number of hydrogen-bond donors (Lipinski definition) is 1. The largest absolute Gasteiger partial charge is 0.314 e. The fourth-order valence-electron chi connectivity index (χ4n) is 2.79. The fourth-order valence-corrected chi connectivity index (χ4v) is 2.79. The lowest BCUT2D eigenvalue weighted by molar-refractivity contribution is 0.457. The highest BCUT2D eigenvalue weighted by Crippen LogP contribution is 2.35.